The van der Waals surface area contributed by atoms with Gasteiger partial charge in [-0.25, -0.2) is 12.7 Å². The molecule has 5 nitrogen and oxygen atoms in total. The fourth-order valence-electron chi connectivity index (χ4n) is 1.41. The van der Waals surface area contributed by atoms with Gasteiger partial charge in [0.2, 0.25) is 10.0 Å². The molecule has 14 heavy (non-hydrogen) atoms. The van der Waals surface area contributed by atoms with E-state index in [9.17, 15) is 13.2 Å². The van der Waals surface area contributed by atoms with Crippen molar-refractivity contribution in [3.8, 4) is 0 Å². The van der Waals surface area contributed by atoms with E-state index in [2.05, 4.69) is 20.7 Å². The summed E-state index contributed by atoms with van der Waals surface area (Å²) in [6.07, 6.45) is 0.541. The van der Waals surface area contributed by atoms with Crippen molar-refractivity contribution >= 4 is 31.9 Å². The van der Waals surface area contributed by atoms with Gasteiger partial charge in [0.1, 0.15) is 4.66 Å². The maximum atomic E-state index is 11.4. The maximum Gasteiger partial charge on any atom is 0.310 e. The van der Waals surface area contributed by atoms with Crippen molar-refractivity contribution < 1.29 is 17.9 Å². The van der Waals surface area contributed by atoms with Gasteiger partial charge in [0.05, 0.1) is 13.0 Å². The van der Waals surface area contributed by atoms with Crippen molar-refractivity contribution in [2.45, 2.75) is 6.42 Å². The monoisotopic (exact) mass is 285 g/mol. The number of halogens is 1. The quantitative estimate of drug-likeness (QED) is 0.548. The SMILES string of the molecule is COC(=O)C1CCN(S(=O)(=O)CBr)C1. The number of nitrogens with zero attached hydrogens (tertiary/aromatic N) is 1. The first-order chi connectivity index (χ1) is 6.51. The fourth-order valence-corrected chi connectivity index (χ4v) is 3.21. The van der Waals surface area contributed by atoms with E-state index in [-0.39, 0.29) is 23.1 Å². The zero-order valence-electron chi connectivity index (χ0n) is 7.77. The number of carbonyl (C=O) groups is 1. The lowest BCUT2D eigenvalue weighted by molar-refractivity contribution is -0.144. The molecule has 1 aliphatic rings. The molecule has 7 heteroatoms. The molecule has 0 saturated carbocycles. The van der Waals surface area contributed by atoms with Crippen molar-refractivity contribution in [1.82, 2.24) is 4.31 Å². The van der Waals surface area contributed by atoms with Crippen LogP contribution >= 0.6 is 15.9 Å². The second-order valence-corrected chi connectivity index (χ2v) is 6.36. The molecule has 0 N–H and O–H groups in total. The van der Waals surface area contributed by atoms with Crippen LogP contribution in [-0.2, 0) is 19.6 Å². The van der Waals surface area contributed by atoms with Gasteiger partial charge in [-0.2, -0.15) is 0 Å². The molecular formula is C7H12BrNO4S. The molecule has 0 aromatic carbocycles. The molecule has 0 radical (unpaired) electrons. The predicted molar refractivity (Wildman–Crippen MR) is 54.4 cm³/mol. The van der Waals surface area contributed by atoms with Crippen LogP contribution in [0.15, 0.2) is 0 Å². The van der Waals surface area contributed by atoms with Crippen LogP contribution in [0.5, 0.6) is 0 Å². The summed E-state index contributed by atoms with van der Waals surface area (Å²) < 4.78 is 28.5. The number of esters is 1. The Morgan fingerprint density at radius 3 is 2.79 bits per heavy atom. The van der Waals surface area contributed by atoms with Gasteiger partial charge in [0, 0.05) is 13.1 Å². The van der Waals surface area contributed by atoms with E-state index in [0.29, 0.717) is 13.0 Å². The predicted octanol–water partition coefficient (Wildman–Crippen LogP) is 0.163. The standard InChI is InChI=1S/C7H12BrNO4S/c1-13-7(10)6-2-3-9(4-6)14(11,12)5-8/h6H,2-5H2,1H3. The van der Waals surface area contributed by atoms with Crippen LogP contribution < -0.4 is 0 Å². The van der Waals surface area contributed by atoms with E-state index in [0.717, 1.165) is 0 Å². The summed E-state index contributed by atoms with van der Waals surface area (Å²) in [4.78, 5) is 11.1. The molecule has 0 bridgehead atoms. The molecule has 1 heterocycles. The van der Waals surface area contributed by atoms with Crippen molar-refractivity contribution in [1.29, 1.82) is 0 Å². The van der Waals surface area contributed by atoms with Gasteiger partial charge in [0.25, 0.3) is 0 Å². The lowest BCUT2D eigenvalue weighted by Crippen LogP contribution is -2.30. The Bertz CT molecular complexity index is 316. The Morgan fingerprint density at radius 1 is 1.64 bits per heavy atom. The average molecular weight is 286 g/mol. The topological polar surface area (TPSA) is 63.7 Å². The number of sulfonamides is 1. The largest absolute Gasteiger partial charge is 0.469 e. The molecule has 1 aliphatic heterocycles. The van der Waals surface area contributed by atoms with Gasteiger partial charge >= 0.3 is 5.97 Å². The second-order valence-electron chi connectivity index (χ2n) is 3.09. The summed E-state index contributed by atoms with van der Waals surface area (Å²) in [5.41, 5.74) is 0. The second kappa shape index (κ2) is 4.59. The Hall–Kier alpha value is -0.140. The minimum atomic E-state index is -3.23. The Labute approximate surface area is 91.6 Å². The van der Waals surface area contributed by atoms with E-state index in [1.165, 1.54) is 11.4 Å². The molecule has 1 rings (SSSR count). The van der Waals surface area contributed by atoms with E-state index in [1.807, 2.05) is 0 Å². The van der Waals surface area contributed by atoms with Gasteiger partial charge in [0.15, 0.2) is 0 Å². The lowest BCUT2D eigenvalue weighted by Gasteiger charge is -2.13. The summed E-state index contributed by atoms with van der Waals surface area (Å²) in [5, 5.41) is 0. The maximum absolute atomic E-state index is 11.4. The minimum absolute atomic E-state index is 0.103. The van der Waals surface area contributed by atoms with Crippen LogP contribution in [0.2, 0.25) is 0 Å². The molecule has 0 aromatic heterocycles. The molecule has 1 unspecified atom stereocenters. The average Bonchev–Trinajstić information content (AvgIpc) is 2.66. The minimum Gasteiger partial charge on any atom is -0.469 e. The summed E-state index contributed by atoms with van der Waals surface area (Å²) in [5.74, 6) is -0.647. The van der Waals surface area contributed by atoms with Gasteiger partial charge in [-0.1, -0.05) is 15.9 Å². The van der Waals surface area contributed by atoms with Crippen LogP contribution in [-0.4, -0.2) is 43.6 Å². The molecular weight excluding hydrogens is 274 g/mol. The van der Waals surface area contributed by atoms with Crippen molar-refractivity contribution in [2.24, 2.45) is 5.92 Å². The Balaban J connectivity index is 2.62. The van der Waals surface area contributed by atoms with Crippen LogP contribution in [0.3, 0.4) is 0 Å². The summed E-state index contributed by atoms with van der Waals surface area (Å²) in [7, 11) is -1.92. The molecule has 0 aromatic rings. The third-order valence-electron chi connectivity index (χ3n) is 2.22. The van der Waals surface area contributed by atoms with E-state index < -0.39 is 10.0 Å². The number of alkyl halides is 1. The fraction of sp³-hybridized carbons (Fsp3) is 0.857. The lowest BCUT2D eigenvalue weighted by atomic mass is 10.1. The summed E-state index contributed by atoms with van der Waals surface area (Å²) in [6, 6.07) is 0. The zero-order chi connectivity index (χ0) is 10.8. The van der Waals surface area contributed by atoms with Crippen LogP contribution in [0, 0.1) is 5.92 Å². The highest BCUT2D eigenvalue weighted by Crippen LogP contribution is 2.21. The number of hydrogen-bond donors (Lipinski definition) is 0. The molecule has 1 fully saturated rings. The normalized spacial score (nSPS) is 23.7. The Kier molecular flexibility index (Phi) is 3.91. The molecule has 0 spiro atoms. The van der Waals surface area contributed by atoms with Crippen LogP contribution in [0.25, 0.3) is 0 Å². The molecule has 82 valence electrons. The summed E-state index contributed by atoms with van der Waals surface area (Å²) in [6.45, 7) is 0.633. The molecule has 1 atom stereocenters. The highest BCUT2D eigenvalue weighted by Gasteiger charge is 2.34. The van der Waals surface area contributed by atoms with E-state index in [4.69, 9.17) is 0 Å². The van der Waals surface area contributed by atoms with Crippen molar-refractivity contribution in [3.63, 3.8) is 0 Å². The number of carbonyl (C=O) groups excluding carboxylic acids is 1. The smallest absolute Gasteiger partial charge is 0.310 e. The van der Waals surface area contributed by atoms with Crippen LogP contribution in [0.4, 0.5) is 0 Å². The number of methoxy groups -OCH3 is 1. The molecule has 1 saturated heterocycles. The van der Waals surface area contributed by atoms with Gasteiger partial charge in [-0.3, -0.25) is 4.79 Å². The highest BCUT2D eigenvalue weighted by atomic mass is 79.9. The zero-order valence-corrected chi connectivity index (χ0v) is 10.2. The van der Waals surface area contributed by atoms with E-state index >= 15 is 0 Å². The first-order valence-corrected chi connectivity index (χ1v) is 6.86. The number of hydrogen-bond acceptors (Lipinski definition) is 4. The first-order valence-electron chi connectivity index (χ1n) is 4.13. The first kappa shape index (κ1) is 11.9. The number of rotatable bonds is 3. The number of ether oxygens (including phenoxy) is 1. The summed E-state index contributed by atoms with van der Waals surface area (Å²) >= 11 is 2.91. The third kappa shape index (κ3) is 2.46. The highest BCUT2D eigenvalue weighted by molar-refractivity contribution is 9.10. The van der Waals surface area contributed by atoms with Gasteiger partial charge < -0.3 is 4.74 Å². The molecule has 0 amide bonds. The van der Waals surface area contributed by atoms with Crippen molar-refractivity contribution in [3.05, 3.63) is 0 Å². The van der Waals surface area contributed by atoms with E-state index in [1.54, 1.807) is 0 Å². The van der Waals surface area contributed by atoms with Crippen molar-refractivity contribution in [2.75, 3.05) is 24.9 Å². The Morgan fingerprint density at radius 2 is 2.29 bits per heavy atom. The van der Waals surface area contributed by atoms with Crippen LogP contribution in [0.1, 0.15) is 6.42 Å². The van der Waals surface area contributed by atoms with Gasteiger partial charge in [-0.15, -0.1) is 0 Å². The third-order valence-corrected chi connectivity index (χ3v) is 5.35. The molecule has 0 aliphatic carbocycles. The van der Waals surface area contributed by atoms with Gasteiger partial charge in [-0.05, 0) is 6.42 Å².